The summed E-state index contributed by atoms with van der Waals surface area (Å²) in [5, 5.41) is 3.51. The van der Waals surface area contributed by atoms with Crippen molar-refractivity contribution in [1.29, 1.82) is 0 Å². The third-order valence-electron chi connectivity index (χ3n) is 4.94. The van der Waals surface area contributed by atoms with E-state index in [2.05, 4.69) is 28.4 Å². The molecule has 1 aromatic rings. The number of hydrogen-bond acceptors (Lipinski definition) is 3. The Morgan fingerprint density at radius 3 is 2.89 bits per heavy atom. The van der Waals surface area contributed by atoms with E-state index < -0.39 is 0 Å². The van der Waals surface area contributed by atoms with Crippen molar-refractivity contribution in [3.63, 3.8) is 0 Å². The monoisotopic (exact) mass is 258 g/mol. The van der Waals surface area contributed by atoms with Crippen molar-refractivity contribution in [1.82, 2.24) is 10.2 Å². The fraction of sp³-hybridized carbons (Fsp3) is 0.625. The topological polar surface area (TPSA) is 24.5 Å². The molecule has 0 unspecified atom stereocenters. The standard InChI is InChI=1S/C16H22N2O/c1-2-16-13(4-6-19-16)7-12(1)3-5-18-10-14-8-17-9-15(14)11-18/h1-2,7,14-15,17H,3-6,8-11H2/t14-,15+. The van der Waals surface area contributed by atoms with E-state index in [0.717, 1.165) is 30.6 Å². The van der Waals surface area contributed by atoms with Crippen LogP contribution in [0.25, 0.3) is 0 Å². The highest BCUT2D eigenvalue weighted by molar-refractivity contribution is 5.39. The van der Waals surface area contributed by atoms with E-state index in [1.165, 1.54) is 50.3 Å². The molecular weight excluding hydrogens is 236 g/mol. The van der Waals surface area contributed by atoms with Crippen LogP contribution < -0.4 is 10.1 Å². The summed E-state index contributed by atoms with van der Waals surface area (Å²) in [5.74, 6) is 2.92. The average Bonchev–Trinajstić information content (AvgIpc) is 3.10. The highest BCUT2D eigenvalue weighted by Crippen LogP contribution is 2.28. The summed E-state index contributed by atoms with van der Waals surface area (Å²) in [5.41, 5.74) is 2.87. The van der Waals surface area contributed by atoms with E-state index in [1.807, 2.05) is 0 Å². The second kappa shape index (κ2) is 4.80. The zero-order valence-electron chi connectivity index (χ0n) is 11.4. The van der Waals surface area contributed by atoms with Gasteiger partial charge in [0.25, 0.3) is 0 Å². The minimum Gasteiger partial charge on any atom is -0.493 e. The first-order valence-corrected chi connectivity index (χ1v) is 7.56. The van der Waals surface area contributed by atoms with E-state index in [-0.39, 0.29) is 0 Å². The van der Waals surface area contributed by atoms with E-state index in [1.54, 1.807) is 0 Å². The van der Waals surface area contributed by atoms with Crippen LogP contribution in [0.3, 0.4) is 0 Å². The molecule has 0 bridgehead atoms. The number of nitrogens with one attached hydrogen (secondary N) is 1. The number of nitrogens with zero attached hydrogens (tertiary/aromatic N) is 1. The molecule has 0 radical (unpaired) electrons. The van der Waals surface area contributed by atoms with E-state index in [4.69, 9.17) is 4.74 Å². The second-order valence-electron chi connectivity index (χ2n) is 6.23. The lowest BCUT2D eigenvalue weighted by Crippen LogP contribution is -2.27. The summed E-state index contributed by atoms with van der Waals surface area (Å²) in [7, 11) is 0. The molecule has 3 aliphatic heterocycles. The molecular formula is C16H22N2O. The number of benzene rings is 1. The van der Waals surface area contributed by atoms with Gasteiger partial charge in [-0.3, -0.25) is 0 Å². The van der Waals surface area contributed by atoms with Crippen LogP contribution in [-0.4, -0.2) is 44.2 Å². The third-order valence-corrected chi connectivity index (χ3v) is 4.94. The molecule has 3 nitrogen and oxygen atoms in total. The number of ether oxygens (including phenoxy) is 1. The van der Waals surface area contributed by atoms with Gasteiger partial charge in [0.15, 0.2) is 0 Å². The normalized spacial score (nSPS) is 29.3. The van der Waals surface area contributed by atoms with Gasteiger partial charge in [-0.2, -0.15) is 0 Å². The first-order chi connectivity index (χ1) is 9.38. The Hall–Kier alpha value is -1.06. The minimum absolute atomic E-state index is 0.862. The van der Waals surface area contributed by atoms with Crippen molar-refractivity contribution in [2.24, 2.45) is 11.8 Å². The lowest BCUT2D eigenvalue weighted by atomic mass is 10.0. The Labute approximate surface area is 114 Å². The second-order valence-corrected chi connectivity index (χ2v) is 6.23. The van der Waals surface area contributed by atoms with Crippen LogP contribution in [0.4, 0.5) is 0 Å². The Morgan fingerprint density at radius 2 is 2.05 bits per heavy atom. The van der Waals surface area contributed by atoms with Crippen LogP contribution in [0.5, 0.6) is 5.75 Å². The number of likely N-dealkylation sites (tertiary alicyclic amines) is 1. The molecule has 0 saturated carbocycles. The molecule has 1 N–H and O–H groups in total. The van der Waals surface area contributed by atoms with Crippen molar-refractivity contribution in [3.8, 4) is 5.75 Å². The summed E-state index contributed by atoms with van der Waals surface area (Å²) in [6.07, 6.45) is 2.27. The number of hydrogen-bond donors (Lipinski definition) is 1. The molecule has 0 spiro atoms. The molecule has 0 aromatic heterocycles. The summed E-state index contributed by atoms with van der Waals surface area (Å²) in [4.78, 5) is 2.65. The molecule has 1 aromatic carbocycles. The molecule has 3 aliphatic rings. The Kier molecular flexibility index (Phi) is 2.97. The summed E-state index contributed by atoms with van der Waals surface area (Å²) < 4.78 is 5.56. The first kappa shape index (κ1) is 11.7. The first-order valence-electron chi connectivity index (χ1n) is 7.56. The zero-order valence-corrected chi connectivity index (χ0v) is 11.4. The molecule has 4 rings (SSSR count). The van der Waals surface area contributed by atoms with E-state index >= 15 is 0 Å². The maximum Gasteiger partial charge on any atom is 0.122 e. The van der Waals surface area contributed by atoms with Gasteiger partial charge in [-0.15, -0.1) is 0 Å². The Balaban J connectivity index is 1.35. The number of fused-ring (bicyclic) bond motifs is 2. The molecule has 2 atom stereocenters. The minimum atomic E-state index is 0.862. The predicted octanol–water partition coefficient (Wildman–Crippen LogP) is 1.32. The van der Waals surface area contributed by atoms with Gasteiger partial charge in [0, 0.05) is 26.1 Å². The summed E-state index contributed by atoms with van der Waals surface area (Å²) in [6.45, 7) is 7.14. The smallest absolute Gasteiger partial charge is 0.122 e. The fourth-order valence-electron chi connectivity index (χ4n) is 3.82. The van der Waals surface area contributed by atoms with Gasteiger partial charge in [-0.05, 0) is 48.5 Å². The lowest BCUT2D eigenvalue weighted by molar-refractivity contribution is 0.317. The van der Waals surface area contributed by atoms with Crippen LogP contribution in [0.15, 0.2) is 18.2 Å². The Bertz CT molecular complexity index is 462. The lowest BCUT2D eigenvalue weighted by Gasteiger charge is -2.17. The molecule has 102 valence electrons. The summed E-state index contributed by atoms with van der Waals surface area (Å²) in [6, 6.07) is 6.74. The highest BCUT2D eigenvalue weighted by atomic mass is 16.5. The quantitative estimate of drug-likeness (QED) is 0.885. The van der Waals surface area contributed by atoms with Crippen molar-refractivity contribution >= 4 is 0 Å². The Morgan fingerprint density at radius 1 is 1.21 bits per heavy atom. The molecule has 3 heteroatoms. The fourth-order valence-corrected chi connectivity index (χ4v) is 3.82. The van der Waals surface area contributed by atoms with E-state index in [9.17, 15) is 0 Å². The highest BCUT2D eigenvalue weighted by Gasteiger charge is 2.35. The molecule has 2 saturated heterocycles. The van der Waals surface area contributed by atoms with Crippen LogP contribution in [0.1, 0.15) is 11.1 Å². The molecule has 0 aliphatic carbocycles. The van der Waals surface area contributed by atoms with Gasteiger partial charge < -0.3 is 15.0 Å². The maximum atomic E-state index is 5.56. The molecule has 0 amide bonds. The third kappa shape index (κ3) is 2.26. The van der Waals surface area contributed by atoms with Gasteiger partial charge in [0.05, 0.1) is 6.61 Å². The number of rotatable bonds is 3. The van der Waals surface area contributed by atoms with Gasteiger partial charge in [0.1, 0.15) is 5.75 Å². The van der Waals surface area contributed by atoms with Crippen LogP contribution in [-0.2, 0) is 12.8 Å². The average molecular weight is 258 g/mol. The van der Waals surface area contributed by atoms with Crippen molar-refractivity contribution in [2.75, 3.05) is 39.3 Å². The van der Waals surface area contributed by atoms with Crippen molar-refractivity contribution < 1.29 is 4.74 Å². The predicted molar refractivity (Wildman–Crippen MR) is 75.6 cm³/mol. The van der Waals surface area contributed by atoms with Crippen LogP contribution in [0, 0.1) is 11.8 Å². The van der Waals surface area contributed by atoms with Crippen LogP contribution >= 0.6 is 0 Å². The molecule has 19 heavy (non-hydrogen) atoms. The largest absolute Gasteiger partial charge is 0.493 e. The van der Waals surface area contributed by atoms with Gasteiger partial charge >= 0.3 is 0 Å². The van der Waals surface area contributed by atoms with Gasteiger partial charge in [-0.1, -0.05) is 12.1 Å². The zero-order chi connectivity index (χ0) is 12.7. The molecule has 3 heterocycles. The molecule has 2 fully saturated rings. The van der Waals surface area contributed by atoms with Gasteiger partial charge in [-0.25, -0.2) is 0 Å². The SMILES string of the molecule is c1cc2c(cc1CCN1C[C@H]3CNC[C@H]3C1)CCO2. The van der Waals surface area contributed by atoms with Crippen LogP contribution in [0.2, 0.25) is 0 Å². The van der Waals surface area contributed by atoms with Crippen molar-refractivity contribution in [2.45, 2.75) is 12.8 Å². The summed E-state index contributed by atoms with van der Waals surface area (Å²) >= 11 is 0. The van der Waals surface area contributed by atoms with E-state index in [0.29, 0.717) is 0 Å². The van der Waals surface area contributed by atoms with Crippen molar-refractivity contribution in [3.05, 3.63) is 29.3 Å². The maximum absolute atomic E-state index is 5.56. The van der Waals surface area contributed by atoms with Gasteiger partial charge in [0.2, 0.25) is 0 Å².